The maximum atomic E-state index is 14.8. The van der Waals surface area contributed by atoms with Crippen LogP contribution in [0.2, 0.25) is 0 Å². The lowest BCUT2D eigenvalue weighted by atomic mass is 9.96. The number of carboxylic acid groups (broad SMARTS) is 1. The Morgan fingerprint density at radius 1 is 1.22 bits per heavy atom. The van der Waals surface area contributed by atoms with Crippen LogP contribution in [0, 0.1) is 5.82 Å². The number of aliphatic hydroxyl groups is 1. The van der Waals surface area contributed by atoms with E-state index in [1.165, 1.54) is 23.2 Å². The third kappa shape index (κ3) is 4.32. The molecule has 3 aliphatic rings. The van der Waals surface area contributed by atoms with Crippen molar-refractivity contribution in [1.29, 1.82) is 0 Å². The SMILES string of the molecule is O=C(O)N1CCOc2cnc(CN[C@H]3CCN(CC4Cn5c(=O)ccc6ccc(F)c4c65)C[C@H]3O)cc21. The summed E-state index contributed by atoms with van der Waals surface area (Å²) in [6, 6.07) is 7.97. The van der Waals surface area contributed by atoms with Crippen LogP contribution < -0.4 is 20.5 Å². The summed E-state index contributed by atoms with van der Waals surface area (Å²) in [6.45, 7) is 3.04. The van der Waals surface area contributed by atoms with E-state index >= 15 is 0 Å². The zero-order valence-corrected chi connectivity index (χ0v) is 20.1. The molecule has 0 spiro atoms. The van der Waals surface area contributed by atoms with Gasteiger partial charge in [0.15, 0.2) is 5.75 Å². The number of nitrogens with zero attached hydrogens (tertiary/aromatic N) is 4. The van der Waals surface area contributed by atoms with E-state index in [1.807, 2.05) is 0 Å². The number of rotatable bonds is 5. The first kappa shape index (κ1) is 23.8. The van der Waals surface area contributed by atoms with Crippen molar-refractivity contribution in [3.05, 3.63) is 64.0 Å². The number of halogens is 1. The number of piperidine rings is 1. The van der Waals surface area contributed by atoms with Gasteiger partial charge in [0, 0.05) is 49.8 Å². The fraction of sp³-hybridized carbons (Fsp3) is 0.423. The Balaban J connectivity index is 1.09. The second kappa shape index (κ2) is 9.40. The molecule has 0 saturated carbocycles. The highest BCUT2D eigenvalue weighted by Crippen LogP contribution is 2.36. The molecule has 0 radical (unpaired) electrons. The van der Waals surface area contributed by atoms with Gasteiger partial charge in [-0.15, -0.1) is 0 Å². The van der Waals surface area contributed by atoms with Gasteiger partial charge in [0.2, 0.25) is 0 Å². The van der Waals surface area contributed by atoms with Crippen LogP contribution in [0.5, 0.6) is 5.75 Å². The lowest BCUT2D eigenvalue weighted by molar-refractivity contribution is 0.0367. The molecule has 3 aromatic rings. The number of anilines is 1. The van der Waals surface area contributed by atoms with E-state index in [0.29, 0.717) is 67.4 Å². The van der Waals surface area contributed by atoms with Crippen molar-refractivity contribution in [3.63, 3.8) is 0 Å². The van der Waals surface area contributed by atoms with Crippen LogP contribution in [-0.2, 0) is 13.1 Å². The number of β-amino-alcohol motifs (C(OH)–C–C–N with tert-alkyl or cyclic N) is 1. The van der Waals surface area contributed by atoms with Crippen molar-refractivity contribution in [2.45, 2.75) is 37.6 Å². The number of aliphatic hydroxyl groups excluding tert-OH is 1. The number of hydrogen-bond donors (Lipinski definition) is 3. The molecule has 1 aromatic carbocycles. The van der Waals surface area contributed by atoms with Crippen molar-refractivity contribution < 1.29 is 24.1 Å². The van der Waals surface area contributed by atoms with Crippen molar-refractivity contribution in [3.8, 4) is 5.75 Å². The summed E-state index contributed by atoms with van der Waals surface area (Å²) in [6.07, 6.45) is 0.537. The molecule has 1 fully saturated rings. The Morgan fingerprint density at radius 2 is 2.05 bits per heavy atom. The summed E-state index contributed by atoms with van der Waals surface area (Å²) in [7, 11) is 0. The van der Waals surface area contributed by atoms with E-state index in [9.17, 15) is 24.2 Å². The predicted molar refractivity (Wildman–Crippen MR) is 134 cm³/mol. The zero-order valence-electron chi connectivity index (χ0n) is 20.1. The van der Waals surface area contributed by atoms with E-state index in [4.69, 9.17) is 4.74 Å². The van der Waals surface area contributed by atoms with Gasteiger partial charge in [0.25, 0.3) is 5.56 Å². The average molecular weight is 510 g/mol. The summed E-state index contributed by atoms with van der Waals surface area (Å²) in [4.78, 5) is 31.7. The second-order valence-corrected chi connectivity index (χ2v) is 9.91. The maximum absolute atomic E-state index is 14.8. The topological polar surface area (TPSA) is 120 Å². The maximum Gasteiger partial charge on any atom is 0.412 e. The Kier molecular flexibility index (Phi) is 6.06. The number of pyridine rings is 2. The fourth-order valence-corrected chi connectivity index (χ4v) is 5.83. The normalized spacial score (nSPS) is 23.2. The first-order chi connectivity index (χ1) is 17.9. The largest absolute Gasteiger partial charge is 0.488 e. The molecular weight excluding hydrogens is 481 g/mol. The van der Waals surface area contributed by atoms with Crippen LogP contribution in [-0.4, -0.2) is 75.7 Å². The van der Waals surface area contributed by atoms with Gasteiger partial charge in [0.1, 0.15) is 12.4 Å². The summed E-state index contributed by atoms with van der Waals surface area (Å²) in [5, 5.41) is 24.5. The lowest BCUT2D eigenvalue weighted by Crippen LogP contribution is -2.53. The van der Waals surface area contributed by atoms with Crippen LogP contribution in [0.15, 0.2) is 41.3 Å². The molecule has 2 aromatic heterocycles. The standard InChI is InChI=1S/C26H28FN5O5/c27-18-3-1-15-2-4-23(34)32-13-16(24(18)25(15)32)12-30-6-5-19(21(33)14-30)29-10-17-9-20-22(11-28-17)37-8-7-31(20)26(35)36/h1-4,9,11,16,19,21,29,33H,5-8,10,12-14H2,(H,35,36)/t16?,19-,21+/m0/s1. The predicted octanol–water partition coefficient (Wildman–Crippen LogP) is 1.73. The number of carbonyl (C=O) groups is 1. The quantitative estimate of drug-likeness (QED) is 0.476. The molecule has 3 aliphatic heterocycles. The van der Waals surface area contributed by atoms with Crippen LogP contribution >= 0.6 is 0 Å². The molecule has 37 heavy (non-hydrogen) atoms. The average Bonchev–Trinajstić information content (AvgIpc) is 3.27. The number of aromatic nitrogens is 2. The number of benzene rings is 1. The number of fused-ring (bicyclic) bond motifs is 1. The smallest absolute Gasteiger partial charge is 0.412 e. The molecule has 5 heterocycles. The molecule has 6 rings (SSSR count). The molecule has 10 nitrogen and oxygen atoms in total. The van der Waals surface area contributed by atoms with E-state index < -0.39 is 12.2 Å². The molecular formula is C26H28FN5O5. The molecule has 1 unspecified atom stereocenters. The highest BCUT2D eigenvalue weighted by atomic mass is 19.1. The number of nitrogens with one attached hydrogen (secondary N) is 1. The van der Waals surface area contributed by atoms with Gasteiger partial charge in [-0.05, 0) is 42.6 Å². The summed E-state index contributed by atoms with van der Waals surface area (Å²) < 4.78 is 22.0. The number of likely N-dealkylation sites (tertiary alicyclic amines) is 1. The van der Waals surface area contributed by atoms with Crippen LogP contribution in [0.25, 0.3) is 10.9 Å². The molecule has 3 N–H and O–H groups in total. The Hall–Kier alpha value is -3.54. The zero-order chi connectivity index (χ0) is 25.7. The summed E-state index contributed by atoms with van der Waals surface area (Å²) in [5.74, 6) is -0.0142. The fourth-order valence-electron chi connectivity index (χ4n) is 5.83. The van der Waals surface area contributed by atoms with Crippen molar-refractivity contribution >= 4 is 22.7 Å². The van der Waals surface area contributed by atoms with Crippen LogP contribution in [0.4, 0.5) is 14.9 Å². The third-order valence-corrected chi connectivity index (χ3v) is 7.64. The highest BCUT2D eigenvalue weighted by molar-refractivity contribution is 5.88. The summed E-state index contributed by atoms with van der Waals surface area (Å²) >= 11 is 0. The van der Waals surface area contributed by atoms with Crippen LogP contribution in [0.3, 0.4) is 0 Å². The van der Waals surface area contributed by atoms with Gasteiger partial charge in [-0.1, -0.05) is 0 Å². The molecule has 0 bridgehead atoms. The number of amides is 1. The molecule has 0 aliphatic carbocycles. The van der Waals surface area contributed by atoms with Gasteiger partial charge in [-0.25, -0.2) is 9.18 Å². The van der Waals surface area contributed by atoms with Gasteiger partial charge in [0.05, 0.1) is 35.7 Å². The minimum Gasteiger partial charge on any atom is -0.488 e. The second-order valence-electron chi connectivity index (χ2n) is 9.91. The minimum absolute atomic E-state index is 0.126. The van der Waals surface area contributed by atoms with Crippen molar-refractivity contribution in [1.82, 2.24) is 19.8 Å². The Labute approximate surface area is 211 Å². The van der Waals surface area contributed by atoms with Gasteiger partial charge >= 0.3 is 6.09 Å². The van der Waals surface area contributed by atoms with Crippen molar-refractivity contribution in [2.75, 3.05) is 37.7 Å². The number of hydrogen-bond acceptors (Lipinski definition) is 7. The highest BCUT2D eigenvalue weighted by Gasteiger charge is 2.33. The number of ether oxygens (including phenoxy) is 1. The molecule has 1 saturated heterocycles. The van der Waals surface area contributed by atoms with E-state index in [0.717, 1.165) is 5.39 Å². The first-order valence-corrected chi connectivity index (χ1v) is 12.5. The van der Waals surface area contributed by atoms with Crippen LogP contribution in [0.1, 0.15) is 23.6 Å². The van der Waals surface area contributed by atoms with E-state index in [1.54, 1.807) is 22.8 Å². The monoisotopic (exact) mass is 509 g/mol. The van der Waals surface area contributed by atoms with Gasteiger partial charge in [-0.3, -0.25) is 19.6 Å². The minimum atomic E-state index is -1.04. The molecule has 194 valence electrons. The third-order valence-electron chi connectivity index (χ3n) is 7.64. The first-order valence-electron chi connectivity index (χ1n) is 12.5. The van der Waals surface area contributed by atoms with E-state index in [-0.39, 0.29) is 36.5 Å². The van der Waals surface area contributed by atoms with E-state index in [2.05, 4.69) is 15.2 Å². The van der Waals surface area contributed by atoms with Gasteiger partial charge in [-0.2, -0.15) is 0 Å². The Morgan fingerprint density at radius 3 is 2.86 bits per heavy atom. The van der Waals surface area contributed by atoms with Gasteiger partial charge < -0.3 is 24.8 Å². The van der Waals surface area contributed by atoms with Crippen molar-refractivity contribution in [2.24, 2.45) is 0 Å². The molecule has 1 amide bonds. The molecule has 3 atom stereocenters. The summed E-state index contributed by atoms with van der Waals surface area (Å²) in [5.41, 5.74) is 2.27. The lowest BCUT2D eigenvalue weighted by Gasteiger charge is -2.37. The molecule has 11 heteroatoms. The Bertz CT molecular complexity index is 1430.